The van der Waals surface area contributed by atoms with Crippen LogP contribution < -0.4 is 5.73 Å². The molecule has 0 aromatic heterocycles. The second-order valence-corrected chi connectivity index (χ2v) is 6.24. The van der Waals surface area contributed by atoms with E-state index in [9.17, 15) is 0 Å². The molecule has 1 saturated heterocycles. The molecule has 0 saturated carbocycles. The highest BCUT2D eigenvalue weighted by atomic mass is 16.5. The van der Waals surface area contributed by atoms with Crippen molar-refractivity contribution >= 4 is 0 Å². The molecule has 1 aliphatic rings. The minimum absolute atomic E-state index is 0.485. The Morgan fingerprint density at radius 2 is 1.95 bits per heavy atom. The molecule has 1 fully saturated rings. The summed E-state index contributed by atoms with van der Waals surface area (Å²) in [5, 5.41) is 0. The Labute approximate surface area is 119 Å². The highest BCUT2D eigenvalue weighted by Crippen LogP contribution is 2.20. The Morgan fingerprint density at radius 3 is 2.47 bits per heavy atom. The van der Waals surface area contributed by atoms with Crippen LogP contribution in [-0.4, -0.2) is 62.4 Å². The topological polar surface area (TPSA) is 41.7 Å². The summed E-state index contributed by atoms with van der Waals surface area (Å²) in [6, 6.07) is 0. The number of piperidine rings is 1. The van der Waals surface area contributed by atoms with E-state index in [1.165, 1.54) is 38.9 Å². The number of hydrogen-bond donors (Lipinski definition) is 1. The van der Waals surface area contributed by atoms with Gasteiger partial charge in [-0.3, -0.25) is 0 Å². The third-order valence-corrected chi connectivity index (χ3v) is 4.53. The SMILES string of the molecule is CCN(CCC1CCN(C)CC1)CCC(C)(N)OC. The first-order chi connectivity index (χ1) is 8.96. The second-order valence-electron chi connectivity index (χ2n) is 6.24. The normalized spacial score (nSPS) is 21.8. The number of likely N-dealkylation sites (tertiary alicyclic amines) is 1. The van der Waals surface area contributed by atoms with E-state index in [2.05, 4.69) is 23.8 Å². The smallest absolute Gasteiger partial charge is 0.114 e. The van der Waals surface area contributed by atoms with E-state index in [0.717, 1.165) is 25.4 Å². The summed E-state index contributed by atoms with van der Waals surface area (Å²) in [5.74, 6) is 0.914. The highest BCUT2D eigenvalue weighted by molar-refractivity contribution is 4.73. The predicted molar refractivity (Wildman–Crippen MR) is 81.2 cm³/mol. The molecular weight excluding hydrogens is 238 g/mol. The van der Waals surface area contributed by atoms with Crippen molar-refractivity contribution in [2.75, 3.05) is 46.9 Å². The Morgan fingerprint density at radius 1 is 1.32 bits per heavy atom. The summed E-state index contributed by atoms with van der Waals surface area (Å²) in [6.45, 7) is 10.1. The van der Waals surface area contributed by atoms with Gasteiger partial charge < -0.3 is 20.3 Å². The van der Waals surface area contributed by atoms with Crippen LogP contribution in [-0.2, 0) is 4.74 Å². The van der Waals surface area contributed by atoms with Gasteiger partial charge in [0.2, 0.25) is 0 Å². The first-order valence-corrected chi connectivity index (χ1v) is 7.71. The maximum Gasteiger partial charge on any atom is 0.114 e. The lowest BCUT2D eigenvalue weighted by atomic mass is 9.93. The van der Waals surface area contributed by atoms with Crippen LogP contribution in [0.5, 0.6) is 0 Å². The van der Waals surface area contributed by atoms with Crippen LogP contribution in [0.15, 0.2) is 0 Å². The van der Waals surface area contributed by atoms with Crippen molar-refractivity contribution in [2.45, 2.75) is 45.3 Å². The molecule has 0 aromatic rings. The molecule has 114 valence electrons. The standard InChI is InChI=1S/C15H33N3O/c1-5-18(13-9-15(2,16)19-4)12-8-14-6-10-17(3)11-7-14/h14H,5-13,16H2,1-4H3. The van der Waals surface area contributed by atoms with Crippen LogP contribution in [0.1, 0.15) is 39.5 Å². The van der Waals surface area contributed by atoms with Crippen LogP contribution in [0, 0.1) is 5.92 Å². The predicted octanol–water partition coefficient (Wildman–Crippen LogP) is 1.75. The van der Waals surface area contributed by atoms with E-state index in [1.54, 1.807) is 7.11 Å². The van der Waals surface area contributed by atoms with E-state index >= 15 is 0 Å². The van der Waals surface area contributed by atoms with E-state index in [4.69, 9.17) is 10.5 Å². The molecule has 0 spiro atoms. The number of nitrogens with zero attached hydrogens (tertiary/aromatic N) is 2. The Kier molecular flexibility index (Phi) is 7.29. The molecule has 0 bridgehead atoms. The fourth-order valence-electron chi connectivity index (χ4n) is 2.63. The van der Waals surface area contributed by atoms with Gasteiger partial charge in [0, 0.05) is 20.1 Å². The van der Waals surface area contributed by atoms with Crippen LogP contribution in [0.4, 0.5) is 0 Å². The summed E-state index contributed by atoms with van der Waals surface area (Å²) < 4.78 is 5.28. The van der Waals surface area contributed by atoms with Crippen LogP contribution in [0.2, 0.25) is 0 Å². The summed E-state index contributed by atoms with van der Waals surface area (Å²) in [5.41, 5.74) is 5.53. The van der Waals surface area contributed by atoms with Crippen LogP contribution in [0.25, 0.3) is 0 Å². The molecule has 2 N–H and O–H groups in total. The van der Waals surface area contributed by atoms with Crippen LogP contribution in [0.3, 0.4) is 0 Å². The summed E-state index contributed by atoms with van der Waals surface area (Å²) in [7, 11) is 3.91. The van der Waals surface area contributed by atoms with Gasteiger partial charge in [-0.25, -0.2) is 0 Å². The first kappa shape index (κ1) is 16.9. The average Bonchev–Trinajstić information content (AvgIpc) is 2.41. The van der Waals surface area contributed by atoms with Gasteiger partial charge in [0.25, 0.3) is 0 Å². The second kappa shape index (κ2) is 8.20. The van der Waals surface area contributed by atoms with Gasteiger partial charge >= 0.3 is 0 Å². The highest BCUT2D eigenvalue weighted by Gasteiger charge is 2.20. The van der Waals surface area contributed by atoms with Crippen molar-refractivity contribution in [3.05, 3.63) is 0 Å². The molecule has 1 aliphatic heterocycles. The van der Waals surface area contributed by atoms with Crippen molar-refractivity contribution in [3.63, 3.8) is 0 Å². The number of hydrogen-bond acceptors (Lipinski definition) is 4. The Balaban J connectivity index is 2.21. The van der Waals surface area contributed by atoms with E-state index in [-0.39, 0.29) is 0 Å². The molecule has 19 heavy (non-hydrogen) atoms. The zero-order valence-electron chi connectivity index (χ0n) is 13.3. The number of rotatable bonds is 8. The maximum atomic E-state index is 6.02. The molecule has 1 atom stereocenters. The zero-order valence-corrected chi connectivity index (χ0v) is 13.3. The van der Waals surface area contributed by atoms with Crippen LogP contribution >= 0.6 is 0 Å². The summed E-state index contributed by atoms with van der Waals surface area (Å²) >= 11 is 0. The minimum atomic E-state index is -0.485. The van der Waals surface area contributed by atoms with Gasteiger partial charge in [0.15, 0.2) is 0 Å². The Bertz CT molecular complexity index is 238. The van der Waals surface area contributed by atoms with Gasteiger partial charge in [-0.2, -0.15) is 0 Å². The lowest BCUT2D eigenvalue weighted by Gasteiger charge is -2.31. The lowest BCUT2D eigenvalue weighted by Crippen LogP contribution is -2.42. The average molecular weight is 271 g/mol. The maximum absolute atomic E-state index is 6.02. The number of ether oxygens (including phenoxy) is 1. The lowest BCUT2D eigenvalue weighted by molar-refractivity contribution is -0.00323. The molecule has 1 unspecified atom stereocenters. The first-order valence-electron chi connectivity index (χ1n) is 7.71. The molecule has 4 heteroatoms. The van der Waals surface area contributed by atoms with E-state index in [0.29, 0.717) is 0 Å². The monoisotopic (exact) mass is 271 g/mol. The third kappa shape index (κ3) is 6.70. The quantitative estimate of drug-likeness (QED) is 0.683. The van der Waals surface area contributed by atoms with Gasteiger partial charge in [0.1, 0.15) is 5.72 Å². The van der Waals surface area contributed by atoms with Gasteiger partial charge in [-0.15, -0.1) is 0 Å². The Hall–Kier alpha value is -0.160. The summed E-state index contributed by atoms with van der Waals surface area (Å²) in [6.07, 6.45) is 4.95. The molecular formula is C15H33N3O. The molecule has 0 aromatic carbocycles. The fourth-order valence-corrected chi connectivity index (χ4v) is 2.63. The zero-order chi connectivity index (χ0) is 14.3. The molecule has 1 heterocycles. The molecule has 4 nitrogen and oxygen atoms in total. The van der Waals surface area contributed by atoms with Crippen molar-refractivity contribution in [3.8, 4) is 0 Å². The van der Waals surface area contributed by atoms with Crippen molar-refractivity contribution in [1.82, 2.24) is 9.80 Å². The number of nitrogens with two attached hydrogens (primary N) is 1. The van der Waals surface area contributed by atoms with E-state index in [1.807, 2.05) is 6.92 Å². The largest absolute Gasteiger partial charge is 0.364 e. The summed E-state index contributed by atoms with van der Waals surface area (Å²) in [4.78, 5) is 4.94. The molecule has 0 radical (unpaired) electrons. The van der Waals surface area contributed by atoms with Crippen molar-refractivity contribution in [1.29, 1.82) is 0 Å². The van der Waals surface area contributed by atoms with Crippen molar-refractivity contribution < 1.29 is 4.74 Å². The van der Waals surface area contributed by atoms with Gasteiger partial charge in [-0.05, 0) is 65.3 Å². The molecule has 0 amide bonds. The van der Waals surface area contributed by atoms with Crippen molar-refractivity contribution in [2.24, 2.45) is 11.7 Å². The third-order valence-electron chi connectivity index (χ3n) is 4.53. The van der Waals surface area contributed by atoms with Gasteiger partial charge in [0.05, 0.1) is 0 Å². The van der Waals surface area contributed by atoms with Gasteiger partial charge in [-0.1, -0.05) is 6.92 Å². The van der Waals surface area contributed by atoms with E-state index < -0.39 is 5.72 Å². The molecule has 1 rings (SSSR count). The minimum Gasteiger partial charge on any atom is -0.364 e. The molecule has 0 aliphatic carbocycles. The number of methoxy groups -OCH3 is 1. The fraction of sp³-hybridized carbons (Fsp3) is 1.00.